The van der Waals surface area contributed by atoms with Crippen molar-refractivity contribution >= 4 is 21.5 Å². The molecular weight excluding hydrogens is 290 g/mol. The van der Waals surface area contributed by atoms with Gasteiger partial charge in [-0.3, -0.25) is 0 Å². The Labute approximate surface area is 97.1 Å². The molecule has 1 aromatic carbocycles. The first kappa shape index (κ1) is 12.7. The van der Waals surface area contributed by atoms with Gasteiger partial charge in [-0.05, 0) is 33.6 Å². The Morgan fingerprint density at radius 3 is 2.31 bits per heavy atom. The third-order valence-corrected chi connectivity index (χ3v) is 2.47. The van der Waals surface area contributed by atoms with E-state index in [9.17, 15) is 17.6 Å². The number of alkyl halides is 3. The molecule has 1 aromatic rings. The van der Waals surface area contributed by atoms with Crippen molar-refractivity contribution in [3.63, 3.8) is 0 Å². The first-order valence-electron chi connectivity index (χ1n) is 3.93. The van der Waals surface area contributed by atoms with E-state index >= 15 is 0 Å². The van der Waals surface area contributed by atoms with Crippen LogP contribution in [0.5, 0.6) is 0 Å². The summed E-state index contributed by atoms with van der Waals surface area (Å²) in [6.45, 7) is 2.84. The summed E-state index contributed by atoms with van der Waals surface area (Å²) in [5.74, 6) is -1.02. The second-order valence-corrected chi connectivity index (χ2v) is 3.76. The van der Waals surface area contributed by atoms with Crippen molar-refractivity contribution in [2.75, 3.05) is 0 Å². The molecule has 0 aromatic heterocycles. The molecule has 0 spiro atoms. The summed E-state index contributed by atoms with van der Waals surface area (Å²) < 4.78 is 50.0. The van der Waals surface area contributed by atoms with E-state index in [1.54, 1.807) is 0 Å². The van der Waals surface area contributed by atoms with Crippen LogP contribution in [0.1, 0.15) is 11.1 Å². The fourth-order valence-corrected chi connectivity index (χ4v) is 1.54. The summed E-state index contributed by atoms with van der Waals surface area (Å²) in [4.78, 5) is 0. The Balaban J connectivity index is 3.31. The quantitative estimate of drug-likeness (QED) is 0.717. The van der Waals surface area contributed by atoms with E-state index in [4.69, 9.17) is 5.26 Å². The Morgan fingerprint density at radius 1 is 1.38 bits per heavy atom. The van der Waals surface area contributed by atoms with Gasteiger partial charge in [0.15, 0.2) is 0 Å². The van der Waals surface area contributed by atoms with E-state index in [1.807, 2.05) is 0 Å². The van der Waals surface area contributed by atoms with E-state index in [2.05, 4.69) is 22.5 Å². The van der Waals surface area contributed by atoms with Crippen LogP contribution in [0.25, 0.3) is 5.57 Å². The Kier molecular flexibility index (Phi) is 3.38. The van der Waals surface area contributed by atoms with Crippen molar-refractivity contribution in [3.8, 4) is 6.07 Å². The van der Waals surface area contributed by atoms with Crippen LogP contribution in [0, 0.1) is 17.1 Å². The van der Waals surface area contributed by atoms with Gasteiger partial charge >= 0.3 is 6.18 Å². The molecule has 0 bridgehead atoms. The maximum Gasteiger partial charge on any atom is 0.416 e. The highest BCUT2D eigenvalue weighted by molar-refractivity contribution is 9.10. The minimum Gasteiger partial charge on any atom is -0.205 e. The lowest BCUT2D eigenvalue weighted by Gasteiger charge is -2.11. The predicted octanol–water partition coefficient (Wildman–Crippen LogP) is 4.04. The topological polar surface area (TPSA) is 23.8 Å². The van der Waals surface area contributed by atoms with Crippen molar-refractivity contribution in [1.29, 1.82) is 5.26 Å². The van der Waals surface area contributed by atoms with Crippen LogP contribution in [0.3, 0.4) is 0 Å². The molecule has 6 heteroatoms. The van der Waals surface area contributed by atoms with E-state index in [0.717, 1.165) is 6.07 Å². The van der Waals surface area contributed by atoms with Crippen LogP contribution in [0.15, 0.2) is 23.2 Å². The van der Waals surface area contributed by atoms with Crippen LogP contribution >= 0.6 is 15.9 Å². The summed E-state index contributed by atoms with van der Waals surface area (Å²) >= 11 is 2.82. The van der Waals surface area contributed by atoms with E-state index < -0.39 is 23.1 Å². The molecule has 0 aliphatic rings. The smallest absolute Gasteiger partial charge is 0.205 e. The lowest BCUT2D eigenvalue weighted by atomic mass is 10.0. The average molecular weight is 294 g/mol. The van der Waals surface area contributed by atoms with Gasteiger partial charge in [0, 0.05) is 4.47 Å². The molecule has 0 saturated carbocycles. The number of allylic oxidation sites excluding steroid dienone is 1. The Bertz CT molecular complexity index is 462. The second kappa shape index (κ2) is 4.26. The third-order valence-electron chi connectivity index (χ3n) is 1.84. The van der Waals surface area contributed by atoms with Crippen LogP contribution in [-0.2, 0) is 0 Å². The molecule has 0 atom stereocenters. The fourth-order valence-electron chi connectivity index (χ4n) is 1.02. The van der Waals surface area contributed by atoms with Crippen LogP contribution in [-0.4, -0.2) is 6.18 Å². The maximum absolute atomic E-state index is 13.2. The van der Waals surface area contributed by atoms with Crippen molar-refractivity contribution in [1.82, 2.24) is 0 Å². The van der Waals surface area contributed by atoms with Gasteiger partial charge in [-0.2, -0.15) is 18.4 Å². The van der Waals surface area contributed by atoms with Gasteiger partial charge in [0.05, 0.1) is 5.57 Å². The van der Waals surface area contributed by atoms with E-state index in [1.165, 1.54) is 6.07 Å². The van der Waals surface area contributed by atoms with Gasteiger partial charge in [0.2, 0.25) is 0 Å². The summed E-state index contributed by atoms with van der Waals surface area (Å²) in [6.07, 6.45) is -4.62. The Morgan fingerprint density at radius 2 is 1.94 bits per heavy atom. The van der Waals surface area contributed by atoms with Crippen LogP contribution in [0.2, 0.25) is 0 Å². The van der Waals surface area contributed by atoms with Gasteiger partial charge in [0.25, 0.3) is 0 Å². The number of rotatable bonds is 1. The highest BCUT2D eigenvalue weighted by atomic mass is 79.9. The van der Waals surface area contributed by atoms with Crippen molar-refractivity contribution in [3.05, 3.63) is 40.1 Å². The predicted molar refractivity (Wildman–Crippen MR) is 53.9 cm³/mol. The molecule has 16 heavy (non-hydrogen) atoms. The zero-order valence-electron chi connectivity index (χ0n) is 7.70. The molecule has 0 fully saturated rings. The first-order chi connectivity index (χ1) is 7.27. The van der Waals surface area contributed by atoms with Crippen LogP contribution in [0.4, 0.5) is 17.6 Å². The van der Waals surface area contributed by atoms with E-state index in [-0.39, 0.29) is 10.0 Å². The summed E-state index contributed by atoms with van der Waals surface area (Å²) in [7, 11) is 0. The highest BCUT2D eigenvalue weighted by Crippen LogP contribution is 2.34. The van der Waals surface area contributed by atoms with Gasteiger partial charge in [0.1, 0.15) is 17.4 Å². The number of halogens is 5. The summed E-state index contributed by atoms with van der Waals surface area (Å²) in [6, 6.07) is 3.19. The molecule has 84 valence electrons. The van der Waals surface area contributed by atoms with Crippen molar-refractivity contribution in [2.45, 2.75) is 6.18 Å². The largest absolute Gasteiger partial charge is 0.416 e. The first-order valence-corrected chi connectivity index (χ1v) is 4.72. The SMILES string of the molecule is C=C(c1cc(F)c(C#N)c(Br)c1)C(F)(F)F. The standard InChI is InChI=1S/C10H4BrF4N/c1-5(10(13,14)15)6-2-8(11)7(4-16)9(12)3-6/h2-3H,1H2. The number of benzene rings is 1. The lowest BCUT2D eigenvalue weighted by molar-refractivity contribution is -0.0686. The molecule has 0 saturated heterocycles. The molecule has 0 N–H and O–H groups in total. The zero-order chi connectivity index (χ0) is 12.5. The van der Waals surface area contributed by atoms with E-state index in [0.29, 0.717) is 6.07 Å². The Hall–Kier alpha value is -1.35. The average Bonchev–Trinajstić information content (AvgIpc) is 2.14. The van der Waals surface area contributed by atoms with Gasteiger partial charge < -0.3 is 0 Å². The maximum atomic E-state index is 13.2. The van der Waals surface area contributed by atoms with Crippen molar-refractivity contribution < 1.29 is 17.6 Å². The molecule has 0 radical (unpaired) electrons. The second-order valence-electron chi connectivity index (χ2n) is 2.90. The lowest BCUT2D eigenvalue weighted by Crippen LogP contribution is -2.10. The molecule has 0 heterocycles. The molecule has 1 nitrogen and oxygen atoms in total. The van der Waals surface area contributed by atoms with Gasteiger partial charge in [-0.25, -0.2) is 4.39 Å². The van der Waals surface area contributed by atoms with Crippen molar-refractivity contribution in [2.24, 2.45) is 0 Å². The third kappa shape index (κ3) is 2.42. The summed E-state index contributed by atoms with van der Waals surface area (Å²) in [5, 5.41) is 8.52. The summed E-state index contributed by atoms with van der Waals surface area (Å²) in [5.41, 5.74) is -1.90. The number of hydrogen-bond acceptors (Lipinski definition) is 1. The van der Waals surface area contributed by atoms with Gasteiger partial charge in [-0.1, -0.05) is 6.58 Å². The highest BCUT2D eigenvalue weighted by Gasteiger charge is 2.33. The zero-order valence-corrected chi connectivity index (χ0v) is 9.28. The molecule has 0 amide bonds. The molecule has 0 unspecified atom stereocenters. The monoisotopic (exact) mass is 293 g/mol. The molecule has 1 rings (SSSR count). The molecule has 0 aliphatic heterocycles. The number of nitrogens with zero attached hydrogens (tertiary/aromatic N) is 1. The minimum atomic E-state index is -4.62. The number of hydrogen-bond donors (Lipinski definition) is 0. The fraction of sp³-hybridized carbons (Fsp3) is 0.100. The molecule has 0 aliphatic carbocycles. The normalized spacial score (nSPS) is 11.0. The van der Waals surface area contributed by atoms with Crippen LogP contribution < -0.4 is 0 Å². The minimum absolute atomic E-state index is 0.0320. The molecular formula is C10H4BrF4N. The van der Waals surface area contributed by atoms with Gasteiger partial charge in [-0.15, -0.1) is 0 Å². The number of nitriles is 1.